The van der Waals surface area contributed by atoms with Crippen molar-refractivity contribution in [2.45, 2.75) is 13.0 Å². The summed E-state index contributed by atoms with van der Waals surface area (Å²) in [6.07, 6.45) is 6.17. The van der Waals surface area contributed by atoms with Crippen molar-refractivity contribution in [3.63, 3.8) is 0 Å². The van der Waals surface area contributed by atoms with Gasteiger partial charge < -0.3 is 21.1 Å². The predicted octanol–water partition coefficient (Wildman–Crippen LogP) is 1.08. The van der Waals surface area contributed by atoms with Gasteiger partial charge in [-0.25, -0.2) is 4.98 Å². The molecule has 2 aromatic heterocycles. The fraction of sp³-hybridized carbons (Fsp3) is 0.500. The highest BCUT2D eigenvalue weighted by Crippen LogP contribution is 2.22. The number of nitrogens with one attached hydrogen (secondary N) is 3. The molecule has 4 N–H and O–H groups in total. The number of aromatic nitrogens is 4. The van der Waals surface area contributed by atoms with Gasteiger partial charge in [-0.3, -0.25) is 4.68 Å². The van der Waals surface area contributed by atoms with Crippen molar-refractivity contribution in [3.8, 4) is 0 Å². The number of hydrogen-bond donors (Lipinski definition) is 4. The second kappa shape index (κ2) is 7.58. The molecule has 2 aromatic rings. The van der Waals surface area contributed by atoms with Crippen LogP contribution in [0.2, 0.25) is 5.02 Å². The average Bonchev–Trinajstić information content (AvgIpc) is 3.20. The zero-order valence-corrected chi connectivity index (χ0v) is 13.4. The average molecular weight is 338 g/mol. The zero-order chi connectivity index (χ0) is 16.1. The van der Waals surface area contributed by atoms with Crippen LogP contribution >= 0.6 is 11.6 Å². The number of hydrogen-bond acceptors (Lipinski definition) is 7. The molecule has 0 radical (unpaired) electrons. The third kappa shape index (κ3) is 4.31. The molecular formula is C14H20ClN7O. The van der Waals surface area contributed by atoms with Crippen molar-refractivity contribution in [1.82, 2.24) is 25.1 Å². The highest BCUT2D eigenvalue weighted by molar-refractivity contribution is 6.32. The van der Waals surface area contributed by atoms with E-state index in [0.29, 0.717) is 29.3 Å². The van der Waals surface area contributed by atoms with Crippen molar-refractivity contribution in [1.29, 1.82) is 0 Å². The lowest BCUT2D eigenvalue weighted by molar-refractivity contribution is 0.269. The first-order valence-electron chi connectivity index (χ1n) is 7.62. The van der Waals surface area contributed by atoms with Gasteiger partial charge in [0.2, 0.25) is 5.95 Å². The Balaban J connectivity index is 1.63. The van der Waals surface area contributed by atoms with Gasteiger partial charge in [0.1, 0.15) is 5.02 Å². The maximum absolute atomic E-state index is 8.90. The molecule has 0 aromatic carbocycles. The van der Waals surface area contributed by atoms with Gasteiger partial charge in [0, 0.05) is 12.7 Å². The van der Waals surface area contributed by atoms with Crippen LogP contribution in [0.1, 0.15) is 6.42 Å². The van der Waals surface area contributed by atoms with E-state index in [4.69, 9.17) is 16.7 Å². The van der Waals surface area contributed by atoms with Crippen molar-refractivity contribution in [3.05, 3.63) is 23.6 Å². The normalized spacial score (nSPS) is 17.4. The van der Waals surface area contributed by atoms with E-state index in [2.05, 4.69) is 31.0 Å². The van der Waals surface area contributed by atoms with Crippen LogP contribution in [-0.2, 0) is 6.54 Å². The van der Waals surface area contributed by atoms with Crippen LogP contribution < -0.4 is 16.0 Å². The fourth-order valence-corrected chi connectivity index (χ4v) is 2.62. The minimum absolute atomic E-state index is 0.0443. The van der Waals surface area contributed by atoms with Crippen LogP contribution in [0.15, 0.2) is 18.6 Å². The number of aliphatic hydroxyl groups is 1. The molecule has 1 atom stereocenters. The molecule has 0 saturated carbocycles. The molecule has 9 heteroatoms. The molecule has 0 aliphatic carbocycles. The van der Waals surface area contributed by atoms with Gasteiger partial charge in [0.25, 0.3) is 0 Å². The summed E-state index contributed by atoms with van der Waals surface area (Å²) in [4.78, 5) is 8.59. The summed E-state index contributed by atoms with van der Waals surface area (Å²) in [5.41, 5.74) is 0.756. The Kier molecular flexibility index (Phi) is 5.27. The SMILES string of the molecule is OCCn1cc(Nc2ncc(Cl)c(NC[C@@H]3CCNC3)n2)cn1. The van der Waals surface area contributed by atoms with Crippen LogP contribution in [0.3, 0.4) is 0 Å². The summed E-state index contributed by atoms with van der Waals surface area (Å²) in [6, 6.07) is 0. The summed E-state index contributed by atoms with van der Waals surface area (Å²) in [7, 11) is 0. The third-order valence-electron chi connectivity index (χ3n) is 3.68. The molecule has 0 amide bonds. The molecule has 0 unspecified atom stereocenters. The van der Waals surface area contributed by atoms with E-state index in [9.17, 15) is 0 Å². The zero-order valence-electron chi connectivity index (χ0n) is 12.7. The van der Waals surface area contributed by atoms with E-state index >= 15 is 0 Å². The van der Waals surface area contributed by atoms with Crippen LogP contribution in [0.4, 0.5) is 17.5 Å². The van der Waals surface area contributed by atoms with E-state index < -0.39 is 0 Å². The highest BCUT2D eigenvalue weighted by atomic mass is 35.5. The lowest BCUT2D eigenvalue weighted by Gasteiger charge is -2.12. The minimum Gasteiger partial charge on any atom is -0.394 e. The van der Waals surface area contributed by atoms with Gasteiger partial charge in [-0.2, -0.15) is 10.1 Å². The Morgan fingerprint density at radius 3 is 3.13 bits per heavy atom. The van der Waals surface area contributed by atoms with E-state index in [1.807, 2.05) is 0 Å². The van der Waals surface area contributed by atoms with Crippen molar-refractivity contribution in [2.75, 3.05) is 36.9 Å². The fourth-order valence-electron chi connectivity index (χ4n) is 2.46. The summed E-state index contributed by atoms with van der Waals surface area (Å²) in [6.45, 7) is 3.41. The Morgan fingerprint density at radius 2 is 2.35 bits per heavy atom. The molecule has 1 aliphatic rings. The van der Waals surface area contributed by atoms with Crippen molar-refractivity contribution in [2.24, 2.45) is 5.92 Å². The Labute approximate surface area is 139 Å². The van der Waals surface area contributed by atoms with Gasteiger partial charge in [-0.15, -0.1) is 0 Å². The van der Waals surface area contributed by atoms with Crippen molar-refractivity contribution < 1.29 is 5.11 Å². The molecule has 1 aliphatic heterocycles. The number of halogens is 1. The summed E-state index contributed by atoms with van der Waals surface area (Å²) >= 11 is 6.15. The van der Waals surface area contributed by atoms with Gasteiger partial charge in [0.05, 0.1) is 31.2 Å². The van der Waals surface area contributed by atoms with Crippen LogP contribution in [-0.4, -0.2) is 51.1 Å². The minimum atomic E-state index is 0.0443. The van der Waals surface area contributed by atoms with Gasteiger partial charge in [-0.05, 0) is 25.4 Å². The van der Waals surface area contributed by atoms with E-state index in [1.54, 1.807) is 23.3 Å². The van der Waals surface area contributed by atoms with E-state index in [-0.39, 0.29) is 6.61 Å². The summed E-state index contributed by atoms with van der Waals surface area (Å²) in [5, 5.41) is 23.2. The lowest BCUT2D eigenvalue weighted by atomic mass is 10.1. The Hall–Kier alpha value is -1.90. The molecule has 23 heavy (non-hydrogen) atoms. The van der Waals surface area contributed by atoms with Crippen LogP contribution in [0, 0.1) is 5.92 Å². The molecule has 8 nitrogen and oxygen atoms in total. The molecule has 1 fully saturated rings. The van der Waals surface area contributed by atoms with Gasteiger partial charge in [0.15, 0.2) is 5.82 Å². The number of nitrogens with zero attached hydrogens (tertiary/aromatic N) is 4. The number of anilines is 3. The number of rotatable bonds is 7. The lowest BCUT2D eigenvalue weighted by Crippen LogP contribution is -2.18. The standard InChI is InChI=1S/C14H20ClN7O/c15-12-8-18-14(20-11-7-19-22(9-11)3-4-23)21-13(12)17-6-10-1-2-16-5-10/h7-10,16,23H,1-6H2,(H2,17,18,20,21)/t10-/m1/s1. The molecule has 3 heterocycles. The first-order chi connectivity index (χ1) is 11.2. The maximum atomic E-state index is 8.90. The summed E-state index contributed by atoms with van der Waals surface area (Å²) < 4.78 is 1.64. The van der Waals surface area contributed by atoms with Crippen LogP contribution in [0.25, 0.3) is 0 Å². The molecule has 0 bridgehead atoms. The third-order valence-corrected chi connectivity index (χ3v) is 3.96. The molecule has 124 valence electrons. The van der Waals surface area contributed by atoms with E-state index in [1.165, 1.54) is 0 Å². The summed E-state index contributed by atoms with van der Waals surface area (Å²) in [5.74, 6) is 1.66. The Morgan fingerprint density at radius 1 is 1.43 bits per heavy atom. The largest absolute Gasteiger partial charge is 0.394 e. The van der Waals surface area contributed by atoms with Crippen molar-refractivity contribution >= 4 is 29.1 Å². The quantitative estimate of drug-likeness (QED) is 0.600. The smallest absolute Gasteiger partial charge is 0.229 e. The molecular weight excluding hydrogens is 318 g/mol. The second-order valence-electron chi connectivity index (χ2n) is 5.47. The molecule has 3 rings (SSSR count). The molecule has 1 saturated heterocycles. The first-order valence-corrected chi connectivity index (χ1v) is 8.00. The predicted molar refractivity (Wildman–Crippen MR) is 89.1 cm³/mol. The van der Waals surface area contributed by atoms with Crippen LogP contribution in [0.5, 0.6) is 0 Å². The van der Waals surface area contributed by atoms with E-state index in [0.717, 1.165) is 31.7 Å². The molecule has 0 spiro atoms. The second-order valence-corrected chi connectivity index (χ2v) is 5.88. The topological polar surface area (TPSA) is 99.9 Å². The monoisotopic (exact) mass is 337 g/mol. The maximum Gasteiger partial charge on any atom is 0.229 e. The first kappa shape index (κ1) is 16.0. The Bertz CT molecular complexity index is 642. The van der Waals surface area contributed by atoms with Gasteiger partial charge in [-0.1, -0.05) is 11.6 Å². The highest BCUT2D eigenvalue weighted by Gasteiger charge is 2.15. The van der Waals surface area contributed by atoms with Gasteiger partial charge >= 0.3 is 0 Å². The number of aliphatic hydroxyl groups excluding tert-OH is 1.